The predicted molar refractivity (Wildman–Crippen MR) is 156 cm³/mol. The third-order valence-corrected chi connectivity index (χ3v) is 6.70. The Hall–Kier alpha value is -4.26. The van der Waals surface area contributed by atoms with E-state index in [1.165, 1.54) is 4.90 Å². The summed E-state index contributed by atoms with van der Waals surface area (Å²) in [6.07, 6.45) is -0.0102. The van der Waals surface area contributed by atoms with E-state index >= 15 is 0 Å². The van der Waals surface area contributed by atoms with Crippen molar-refractivity contribution < 1.29 is 28.9 Å². The van der Waals surface area contributed by atoms with Crippen molar-refractivity contribution in [1.29, 1.82) is 0 Å². The molecule has 0 spiro atoms. The highest BCUT2D eigenvalue weighted by atomic mass is 16.5. The van der Waals surface area contributed by atoms with Gasteiger partial charge in [-0.05, 0) is 86.3 Å². The van der Waals surface area contributed by atoms with Crippen LogP contribution in [0.3, 0.4) is 0 Å². The molecule has 0 aromatic heterocycles. The van der Waals surface area contributed by atoms with E-state index in [-0.39, 0.29) is 22.9 Å². The maximum absolute atomic E-state index is 13.6. The number of carbonyl (C=O) groups is 2. The van der Waals surface area contributed by atoms with Crippen LogP contribution in [-0.2, 0) is 15.0 Å². The van der Waals surface area contributed by atoms with Crippen LogP contribution in [0.2, 0.25) is 0 Å². The molecule has 1 unspecified atom stereocenters. The van der Waals surface area contributed by atoms with Crippen LogP contribution in [0.5, 0.6) is 17.2 Å². The lowest BCUT2D eigenvalue weighted by Crippen LogP contribution is -2.29. The number of amides is 1. The number of anilines is 1. The monoisotopic (exact) mass is 543 g/mol. The molecule has 0 radical (unpaired) electrons. The number of aliphatic hydroxyl groups is 1. The summed E-state index contributed by atoms with van der Waals surface area (Å²) in [5.74, 6) is 0.187. The molecule has 3 aromatic rings. The number of ketones is 1. The SMILES string of the molecule is CCOc1ccc(/C(O)=C2/C(=O)C(=O)N(c3ccc(OC(C)C)cc3)C2c2cccc(OC)c2)cc1C(C)(C)C. The van der Waals surface area contributed by atoms with Gasteiger partial charge in [0.1, 0.15) is 23.0 Å². The predicted octanol–water partition coefficient (Wildman–Crippen LogP) is 6.80. The van der Waals surface area contributed by atoms with Crippen LogP contribution in [0.15, 0.2) is 72.3 Å². The molecule has 4 rings (SSSR count). The molecule has 7 nitrogen and oxygen atoms in total. The lowest BCUT2D eigenvalue weighted by atomic mass is 9.84. The Morgan fingerprint density at radius 2 is 1.68 bits per heavy atom. The van der Waals surface area contributed by atoms with Gasteiger partial charge in [-0.1, -0.05) is 32.9 Å². The second kappa shape index (κ2) is 11.5. The molecule has 1 N–H and O–H groups in total. The van der Waals surface area contributed by atoms with E-state index in [9.17, 15) is 14.7 Å². The normalized spacial score (nSPS) is 16.9. The van der Waals surface area contributed by atoms with Crippen LogP contribution in [0.25, 0.3) is 5.76 Å². The minimum atomic E-state index is -0.878. The minimum Gasteiger partial charge on any atom is -0.507 e. The summed E-state index contributed by atoms with van der Waals surface area (Å²) < 4.78 is 17.0. The van der Waals surface area contributed by atoms with Crippen molar-refractivity contribution in [3.8, 4) is 17.2 Å². The number of methoxy groups -OCH3 is 1. The fourth-order valence-electron chi connectivity index (χ4n) is 4.88. The van der Waals surface area contributed by atoms with Crippen LogP contribution in [0.4, 0.5) is 5.69 Å². The first kappa shape index (κ1) is 28.7. The Morgan fingerprint density at radius 3 is 2.27 bits per heavy atom. The summed E-state index contributed by atoms with van der Waals surface area (Å²) in [5.41, 5.74) is 2.16. The summed E-state index contributed by atoms with van der Waals surface area (Å²) in [6, 6.07) is 18.6. The Labute approximate surface area is 236 Å². The van der Waals surface area contributed by atoms with Gasteiger partial charge >= 0.3 is 0 Å². The number of ether oxygens (including phenoxy) is 3. The number of aliphatic hydroxyl groups excluding tert-OH is 1. The van der Waals surface area contributed by atoms with E-state index < -0.39 is 17.7 Å². The van der Waals surface area contributed by atoms with Crippen molar-refractivity contribution in [2.24, 2.45) is 0 Å². The first-order valence-corrected chi connectivity index (χ1v) is 13.5. The average molecular weight is 544 g/mol. The zero-order valence-corrected chi connectivity index (χ0v) is 24.1. The summed E-state index contributed by atoms with van der Waals surface area (Å²) in [6.45, 7) is 12.4. The summed E-state index contributed by atoms with van der Waals surface area (Å²) in [4.78, 5) is 28.6. The van der Waals surface area contributed by atoms with Crippen LogP contribution < -0.4 is 19.1 Å². The number of Topliss-reactive ketones (excluding diaryl/α,β-unsaturated/α-hetero) is 1. The zero-order chi connectivity index (χ0) is 29.2. The van der Waals surface area contributed by atoms with E-state index in [2.05, 4.69) is 20.8 Å². The average Bonchev–Trinajstić information content (AvgIpc) is 3.18. The van der Waals surface area contributed by atoms with Crippen molar-refractivity contribution in [2.45, 2.75) is 59.1 Å². The zero-order valence-electron chi connectivity index (χ0n) is 24.1. The number of hydrogen-bond donors (Lipinski definition) is 1. The van der Waals surface area contributed by atoms with Gasteiger partial charge in [0.25, 0.3) is 11.7 Å². The Bertz CT molecular complexity index is 1430. The van der Waals surface area contributed by atoms with Crippen molar-refractivity contribution in [3.05, 3.63) is 89.0 Å². The van der Waals surface area contributed by atoms with Crippen molar-refractivity contribution in [2.75, 3.05) is 18.6 Å². The number of carbonyl (C=O) groups excluding carboxylic acids is 2. The molecule has 1 amide bonds. The molecule has 7 heteroatoms. The number of benzene rings is 3. The Kier molecular flexibility index (Phi) is 8.24. The molecule has 210 valence electrons. The molecule has 40 heavy (non-hydrogen) atoms. The highest BCUT2D eigenvalue weighted by molar-refractivity contribution is 6.51. The van der Waals surface area contributed by atoms with Crippen LogP contribution in [-0.4, -0.2) is 36.6 Å². The fourth-order valence-corrected chi connectivity index (χ4v) is 4.88. The molecular weight excluding hydrogens is 506 g/mol. The lowest BCUT2D eigenvalue weighted by Gasteiger charge is -2.26. The van der Waals surface area contributed by atoms with Gasteiger partial charge in [-0.15, -0.1) is 0 Å². The third kappa shape index (κ3) is 5.69. The molecule has 3 aromatic carbocycles. The topological polar surface area (TPSA) is 85.3 Å². The van der Waals surface area contributed by atoms with Gasteiger partial charge in [0.15, 0.2) is 0 Å². The molecule has 1 saturated heterocycles. The van der Waals surface area contributed by atoms with Gasteiger partial charge in [-0.25, -0.2) is 0 Å². The number of hydrogen-bond acceptors (Lipinski definition) is 6. The highest BCUT2D eigenvalue weighted by Gasteiger charge is 2.47. The van der Waals surface area contributed by atoms with E-state index in [0.29, 0.717) is 40.7 Å². The van der Waals surface area contributed by atoms with Crippen molar-refractivity contribution in [1.82, 2.24) is 0 Å². The van der Waals surface area contributed by atoms with Gasteiger partial charge in [-0.2, -0.15) is 0 Å². The Morgan fingerprint density at radius 1 is 0.975 bits per heavy atom. The van der Waals surface area contributed by atoms with Gasteiger partial charge < -0.3 is 19.3 Å². The molecule has 1 fully saturated rings. The minimum absolute atomic E-state index is 0.00443. The second-order valence-corrected chi connectivity index (χ2v) is 11.0. The van der Waals surface area contributed by atoms with E-state index in [0.717, 1.165) is 5.56 Å². The van der Waals surface area contributed by atoms with E-state index in [1.807, 2.05) is 32.9 Å². The quantitative estimate of drug-likeness (QED) is 0.191. The molecule has 0 aliphatic carbocycles. The summed E-state index contributed by atoms with van der Waals surface area (Å²) in [7, 11) is 1.55. The molecule has 1 aliphatic rings. The summed E-state index contributed by atoms with van der Waals surface area (Å²) >= 11 is 0. The largest absolute Gasteiger partial charge is 0.507 e. The second-order valence-electron chi connectivity index (χ2n) is 11.0. The number of nitrogens with zero attached hydrogens (tertiary/aromatic N) is 1. The fraction of sp³-hybridized carbons (Fsp3) is 0.333. The molecular formula is C33H37NO6. The first-order valence-electron chi connectivity index (χ1n) is 13.5. The van der Waals surface area contributed by atoms with Crippen LogP contribution in [0, 0.1) is 0 Å². The van der Waals surface area contributed by atoms with E-state index in [1.54, 1.807) is 61.7 Å². The van der Waals surface area contributed by atoms with Crippen molar-refractivity contribution in [3.63, 3.8) is 0 Å². The van der Waals surface area contributed by atoms with E-state index in [4.69, 9.17) is 14.2 Å². The van der Waals surface area contributed by atoms with Crippen LogP contribution in [0.1, 0.15) is 64.3 Å². The van der Waals surface area contributed by atoms with Gasteiger partial charge in [-0.3, -0.25) is 14.5 Å². The maximum Gasteiger partial charge on any atom is 0.300 e. The number of rotatable bonds is 8. The highest BCUT2D eigenvalue weighted by Crippen LogP contribution is 2.44. The smallest absolute Gasteiger partial charge is 0.300 e. The standard InChI is InChI=1S/C33H37NO6/c1-8-39-27-17-12-22(19-26(27)33(4,5)6)30(35)28-29(21-10-9-11-25(18-21)38-7)34(32(37)31(28)36)23-13-15-24(16-14-23)40-20(2)3/h9-20,29,35H,8H2,1-7H3/b30-28-. The molecule has 0 bridgehead atoms. The third-order valence-electron chi connectivity index (χ3n) is 6.70. The summed E-state index contributed by atoms with van der Waals surface area (Å²) in [5, 5.41) is 11.7. The molecule has 1 heterocycles. The Balaban J connectivity index is 1.91. The lowest BCUT2D eigenvalue weighted by molar-refractivity contribution is -0.132. The first-order chi connectivity index (χ1) is 19.0. The maximum atomic E-state index is 13.6. The van der Waals surface area contributed by atoms with Crippen LogP contribution >= 0.6 is 0 Å². The molecule has 1 atom stereocenters. The van der Waals surface area contributed by atoms with Gasteiger partial charge in [0.05, 0.1) is 31.4 Å². The van der Waals surface area contributed by atoms with Crippen molar-refractivity contribution >= 4 is 23.1 Å². The molecule has 1 aliphatic heterocycles. The van der Waals surface area contributed by atoms with Gasteiger partial charge in [0, 0.05) is 16.8 Å². The van der Waals surface area contributed by atoms with Gasteiger partial charge in [0.2, 0.25) is 0 Å². The molecule has 0 saturated carbocycles.